The van der Waals surface area contributed by atoms with Crippen LogP contribution >= 0.6 is 11.6 Å². The number of nitrogens with zero attached hydrogens (tertiary/aromatic N) is 5. The van der Waals surface area contributed by atoms with Crippen molar-refractivity contribution < 1.29 is 14.3 Å². The van der Waals surface area contributed by atoms with Crippen LogP contribution in [0.15, 0.2) is 36.5 Å². The maximum Gasteiger partial charge on any atom is 0.329 e. The van der Waals surface area contributed by atoms with Crippen LogP contribution in [0, 0.1) is 11.3 Å². The van der Waals surface area contributed by atoms with Gasteiger partial charge in [-0.2, -0.15) is 5.26 Å². The van der Waals surface area contributed by atoms with Gasteiger partial charge in [0, 0.05) is 55.7 Å². The van der Waals surface area contributed by atoms with Gasteiger partial charge in [-0.3, -0.25) is 0 Å². The Morgan fingerprint density at radius 3 is 2.67 bits per heavy atom. The van der Waals surface area contributed by atoms with Crippen molar-refractivity contribution in [1.29, 1.82) is 5.26 Å². The molecule has 205 valence electrons. The molecule has 0 spiro atoms. The van der Waals surface area contributed by atoms with Crippen molar-refractivity contribution in [2.75, 3.05) is 48.9 Å². The molecule has 1 radical (unpaired) electrons. The van der Waals surface area contributed by atoms with E-state index in [4.69, 9.17) is 26.1 Å². The van der Waals surface area contributed by atoms with Crippen LogP contribution in [-0.2, 0) is 14.9 Å². The Bertz CT molecular complexity index is 1470. The summed E-state index contributed by atoms with van der Waals surface area (Å²) in [4.78, 5) is 24.5. The van der Waals surface area contributed by atoms with Crippen LogP contribution in [0.5, 0.6) is 5.75 Å². The number of hydrogen-bond donors (Lipinski definition) is 1. The van der Waals surface area contributed by atoms with Gasteiger partial charge in [0.05, 0.1) is 40.9 Å². The number of piperidine rings is 1. The molecular formula is C29H31BClN6O3. The topological polar surface area (TPSA) is 104 Å². The maximum atomic E-state index is 11.2. The molecule has 5 rings (SSSR count). The summed E-state index contributed by atoms with van der Waals surface area (Å²) in [6, 6.07) is 11.7. The molecule has 11 heteroatoms. The summed E-state index contributed by atoms with van der Waals surface area (Å²) >= 11 is 6.74. The summed E-state index contributed by atoms with van der Waals surface area (Å²) in [5.74, 6) is 0.995. The number of nitrogens with one attached hydrogen (secondary N) is 1. The fourth-order valence-electron chi connectivity index (χ4n) is 5.57. The first kappa shape index (κ1) is 27.8. The van der Waals surface area contributed by atoms with Crippen molar-refractivity contribution in [2.45, 2.75) is 38.2 Å². The monoisotopic (exact) mass is 557 g/mol. The SMILES string of the molecule is COc1cc(N2CCC(OC)CC2)c(Cl)cc1Nc1nccc(-c2cc(C#N)c3c(c2)C(C)(C)CN3[B]C=O)n1. The number of ether oxygens (including phenoxy) is 2. The van der Waals surface area contributed by atoms with E-state index in [1.54, 1.807) is 26.5 Å². The summed E-state index contributed by atoms with van der Waals surface area (Å²) in [5.41, 5.74) is 5.01. The predicted molar refractivity (Wildman–Crippen MR) is 159 cm³/mol. The third-order valence-electron chi connectivity index (χ3n) is 7.64. The number of methoxy groups -OCH3 is 2. The average Bonchev–Trinajstić information content (AvgIpc) is 3.22. The van der Waals surface area contributed by atoms with Crippen molar-refractivity contribution in [2.24, 2.45) is 0 Å². The highest BCUT2D eigenvalue weighted by atomic mass is 35.5. The van der Waals surface area contributed by atoms with Crippen LogP contribution in [0.3, 0.4) is 0 Å². The molecule has 3 heterocycles. The number of aromatic nitrogens is 2. The van der Waals surface area contributed by atoms with E-state index < -0.39 is 0 Å². The Hall–Kier alpha value is -3.81. The van der Waals surface area contributed by atoms with E-state index in [9.17, 15) is 10.1 Å². The molecule has 1 saturated heterocycles. The minimum atomic E-state index is -0.255. The molecule has 40 heavy (non-hydrogen) atoms. The molecule has 0 atom stereocenters. The summed E-state index contributed by atoms with van der Waals surface area (Å²) in [7, 11) is 4.85. The highest BCUT2D eigenvalue weighted by Gasteiger charge is 2.37. The quantitative estimate of drug-likeness (QED) is 0.304. The normalized spacial score (nSPS) is 16.3. The molecule has 0 aliphatic carbocycles. The van der Waals surface area contributed by atoms with Crippen molar-refractivity contribution in [3.05, 3.63) is 52.7 Å². The summed E-state index contributed by atoms with van der Waals surface area (Å²) in [6.07, 6.45) is 4.58. The lowest BCUT2D eigenvalue weighted by Crippen LogP contribution is -2.36. The molecule has 1 N–H and O–H groups in total. The molecule has 3 aromatic rings. The van der Waals surface area contributed by atoms with Gasteiger partial charge in [-0.1, -0.05) is 25.4 Å². The molecule has 2 aliphatic heterocycles. The number of nitriles is 1. The van der Waals surface area contributed by atoms with Crippen molar-refractivity contribution in [3.8, 4) is 23.1 Å². The standard InChI is InChI=1S/C29H31BClN6O3/c1-29(2)16-37(30-17-38)27-19(15-32)11-18(12-21(27)29)23-5-8-33-28(34-23)35-24-13-22(31)25(14-26(24)40-4)36-9-6-20(39-3)7-10-36/h5,8,11-14,17,20H,6-7,9-10,16H2,1-4H3,(H,33,34,35). The fraction of sp³-hybridized carbons (Fsp3) is 0.379. The molecule has 2 aliphatic rings. The minimum Gasteiger partial charge on any atom is -0.494 e. The number of carbonyl (C=O) groups excluding carboxylic acids is 1. The van der Waals surface area contributed by atoms with Gasteiger partial charge in [0.25, 0.3) is 0 Å². The lowest BCUT2D eigenvalue weighted by molar-refractivity contribution is 0.0819. The molecule has 1 aromatic heterocycles. The second-order valence-corrected chi connectivity index (χ2v) is 11.1. The van der Waals surface area contributed by atoms with Gasteiger partial charge >= 0.3 is 7.41 Å². The number of benzene rings is 2. The van der Waals surface area contributed by atoms with E-state index in [0.29, 0.717) is 40.2 Å². The second kappa shape index (κ2) is 11.4. The van der Waals surface area contributed by atoms with Crippen LogP contribution < -0.4 is 19.8 Å². The minimum absolute atomic E-state index is 0.255. The second-order valence-electron chi connectivity index (χ2n) is 10.6. The van der Waals surface area contributed by atoms with Crippen LogP contribution in [0.4, 0.5) is 23.0 Å². The first-order chi connectivity index (χ1) is 19.3. The van der Waals surface area contributed by atoms with Gasteiger partial charge < -0.3 is 29.3 Å². The van der Waals surface area contributed by atoms with Gasteiger partial charge in [0.15, 0.2) is 0 Å². The largest absolute Gasteiger partial charge is 0.494 e. The van der Waals surface area contributed by atoms with Gasteiger partial charge in [-0.25, -0.2) is 9.97 Å². The summed E-state index contributed by atoms with van der Waals surface area (Å²) in [6.45, 7) is 6.51. The summed E-state index contributed by atoms with van der Waals surface area (Å²) in [5, 5.41) is 13.8. The Kier molecular flexibility index (Phi) is 7.88. The number of carbonyl (C=O) groups is 1. The molecule has 0 saturated carbocycles. The molecule has 0 amide bonds. The predicted octanol–water partition coefficient (Wildman–Crippen LogP) is 4.94. The van der Waals surface area contributed by atoms with E-state index in [1.807, 2.05) is 29.1 Å². The Labute approximate surface area is 240 Å². The number of hydrogen-bond acceptors (Lipinski definition) is 9. The van der Waals surface area contributed by atoms with Crippen molar-refractivity contribution in [1.82, 2.24) is 9.97 Å². The third kappa shape index (κ3) is 5.32. The number of anilines is 4. The van der Waals surface area contributed by atoms with E-state index in [2.05, 4.69) is 35.1 Å². The number of rotatable bonds is 8. The van der Waals surface area contributed by atoms with Gasteiger partial charge in [-0.05, 0) is 42.7 Å². The highest BCUT2D eigenvalue weighted by molar-refractivity contribution is 6.70. The van der Waals surface area contributed by atoms with E-state index in [-0.39, 0.29) is 11.5 Å². The average molecular weight is 558 g/mol. The van der Waals surface area contributed by atoms with Crippen molar-refractivity contribution in [3.63, 3.8) is 0 Å². The van der Waals surface area contributed by atoms with Crippen LogP contribution in [0.1, 0.15) is 37.8 Å². The van der Waals surface area contributed by atoms with Crippen LogP contribution in [0.25, 0.3) is 11.3 Å². The van der Waals surface area contributed by atoms with Gasteiger partial charge in [-0.15, -0.1) is 0 Å². The number of halogens is 1. The zero-order valence-corrected chi connectivity index (χ0v) is 23.8. The van der Waals surface area contributed by atoms with Crippen LogP contribution in [-0.4, -0.2) is 63.5 Å². The Morgan fingerprint density at radius 1 is 1.23 bits per heavy atom. The zero-order valence-electron chi connectivity index (χ0n) is 23.1. The van der Waals surface area contributed by atoms with E-state index in [0.717, 1.165) is 54.6 Å². The van der Waals surface area contributed by atoms with Crippen LogP contribution in [0.2, 0.25) is 5.02 Å². The molecule has 1 fully saturated rings. The molecule has 0 bridgehead atoms. The molecule has 2 aromatic carbocycles. The first-order valence-electron chi connectivity index (χ1n) is 13.2. The molecule has 0 unspecified atom stereocenters. The molecular weight excluding hydrogens is 527 g/mol. The van der Waals surface area contributed by atoms with E-state index >= 15 is 0 Å². The van der Waals surface area contributed by atoms with Gasteiger partial charge in [0.2, 0.25) is 5.95 Å². The Balaban J connectivity index is 1.44. The lowest BCUT2D eigenvalue weighted by Gasteiger charge is -2.33. The fourth-order valence-corrected chi connectivity index (χ4v) is 5.85. The van der Waals surface area contributed by atoms with E-state index in [1.165, 1.54) is 7.41 Å². The van der Waals surface area contributed by atoms with Gasteiger partial charge in [0.1, 0.15) is 18.0 Å². The third-order valence-corrected chi connectivity index (χ3v) is 7.94. The maximum absolute atomic E-state index is 11.2. The summed E-state index contributed by atoms with van der Waals surface area (Å²) < 4.78 is 11.2. The number of fused-ring (bicyclic) bond motifs is 1. The van der Waals surface area contributed by atoms with Crippen molar-refractivity contribution >= 4 is 48.2 Å². The lowest BCUT2D eigenvalue weighted by atomic mass is 9.84. The highest BCUT2D eigenvalue weighted by Crippen LogP contribution is 2.44. The zero-order chi connectivity index (χ0) is 28.4. The Morgan fingerprint density at radius 2 is 2.00 bits per heavy atom. The molecule has 9 nitrogen and oxygen atoms in total. The first-order valence-corrected chi connectivity index (χ1v) is 13.6. The smallest absolute Gasteiger partial charge is 0.329 e.